The summed E-state index contributed by atoms with van der Waals surface area (Å²) in [6.07, 6.45) is 1.09. The van der Waals surface area contributed by atoms with Crippen LogP contribution in [-0.2, 0) is 24.3 Å². The van der Waals surface area contributed by atoms with Crippen LogP contribution in [0, 0.1) is 0 Å². The molecule has 0 aromatic rings. The lowest BCUT2D eigenvalue weighted by molar-refractivity contribution is 0.431. The third-order valence-electron chi connectivity index (χ3n) is 3.85. The Hall–Kier alpha value is -0.250. The Labute approximate surface area is 126 Å². The molecule has 0 bridgehead atoms. The maximum absolute atomic E-state index is 11.6. The van der Waals surface area contributed by atoms with Crippen molar-refractivity contribution in [1.82, 2.24) is 10.6 Å². The van der Waals surface area contributed by atoms with Crippen molar-refractivity contribution in [2.75, 3.05) is 23.0 Å². The topological polar surface area (TPSA) is 95.5 Å². The number of hydrogen-bond acceptors (Lipinski definition) is 4. The third-order valence-corrected chi connectivity index (χ3v) is 7.89. The summed E-state index contributed by atoms with van der Waals surface area (Å²) in [5.41, 5.74) is -1.07. The highest BCUT2D eigenvalue weighted by atomic mass is 32.3. The van der Waals surface area contributed by atoms with Gasteiger partial charge in [0.15, 0.2) is 20.7 Å². The molecule has 0 aliphatic carbocycles. The van der Waals surface area contributed by atoms with Gasteiger partial charge in [-0.15, -0.1) is 0 Å². The van der Waals surface area contributed by atoms with Gasteiger partial charge in [-0.2, -0.15) is 4.55 Å². The minimum atomic E-state index is -3.00. The van der Waals surface area contributed by atoms with Crippen LogP contribution in [0.4, 0.5) is 0 Å². The largest absolute Gasteiger partial charge is 0.357 e. The van der Waals surface area contributed by atoms with Crippen LogP contribution < -0.4 is 10.6 Å². The smallest absolute Gasteiger partial charge is 0.216 e. The van der Waals surface area contributed by atoms with Crippen LogP contribution in [0.1, 0.15) is 26.7 Å². The summed E-state index contributed by atoms with van der Waals surface area (Å²) in [6, 6.07) is 0. The molecule has 2 fully saturated rings. The molecular weight excluding hydrogens is 320 g/mol. The molecule has 2 aliphatic rings. The lowest BCUT2D eigenvalue weighted by Crippen LogP contribution is -2.57. The van der Waals surface area contributed by atoms with Crippen LogP contribution in [0.25, 0.3) is 0 Å². The summed E-state index contributed by atoms with van der Waals surface area (Å²) in [7, 11) is -5.75. The van der Waals surface area contributed by atoms with Crippen molar-refractivity contribution in [2.45, 2.75) is 37.8 Å². The molecule has 0 spiro atoms. The van der Waals surface area contributed by atoms with Crippen LogP contribution in [-0.4, -0.2) is 52.2 Å². The molecule has 0 aromatic carbocycles. The Morgan fingerprint density at radius 2 is 1.85 bits per heavy atom. The molecule has 0 radical (unpaired) electrons. The summed E-state index contributed by atoms with van der Waals surface area (Å²) in [6.45, 7) is 3.69. The van der Waals surface area contributed by atoms with Gasteiger partial charge >= 0.3 is 0 Å². The van der Waals surface area contributed by atoms with Crippen LogP contribution in [0.3, 0.4) is 0 Å². The predicted molar refractivity (Wildman–Crippen MR) is 84.0 cm³/mol. The van der Waals surface area contributed by atoms with Crippen LogP contribution in [0.2, 0.25) is 0 Å². The summed E-state index contributed by atoms with van der Waals surface area (Å²) in [4.78, 5) is 0. The van der Waals surface area contributed by atoms with Crippen molar-refractivity contribution in [3.63, 3.8) is 0 Å². The van der Waals surface area contributed by atoms with E-state index >= 15 is 0 Å². The van der Waals surface area contributed by atoms with Crippen molar-refractivity contribution >= 4 is 37.4 Å². The molecule has 6 nitrogen and oxygen atoms in total. The van der Waals surface area contributed by atoms with E-state index in [1.807, 2.05) is 13.8 Å². The SMILES string of the molecule is C[C@]1(NC(=S)N[C@@]2(C)CC[S+](=O)(O)C2)CCS(=O)(=O)C1. The Kier molecular flexibility index (Phi) is 3.94. The number of thiocarbonyl (C=S) groups is 1. The van der Waals surface area contributed by atoms with Crippen LogP contribution in [0.15, 0.2) is 0 Å². The second-order valence-corrected chi connectivity index (χ2v) is 11.2. The molecule has 3 N–H and O–H groups in total. The number of nitrogens with one attached hydrogen (secondary N) is 2. The number of rotatable bonds is 2. The molecule has 3 atom stereocenters. The summed E-state index contributed by atoms with van der Waals surface area (Å²) >= 11 is 5.23. The van der Waals surface area contributed by atoms with Gasteiger partial charge in [0.05, 0.1) is 22.6 Å². The van der Waals surface area contributed by atoms with E-state index in [4.69, 9.17) is 12.2 Å². The zero-order valence-electron chi connectivity index (χ0n) is 11.6. The minimum absolute atomic E-state index is 0.0648. The van der Waals surface area contributed by atoms with Gasteiger partial charge in [0.25, 0.3) is 0 Å². The highest BCUT2D eigenvalue weighted by Gasteiger charge is 2.48. The summed E-state index contributed by atoms with van der Waals surface area (Å²) in [5, 5.41) is 6.48. The van der Waals surface area contributed by atoms with Gasteiger partial charge in [-0.05, 0) is 32.5 Å². The standard InChI is InChI=1S/C11H20N2O4S3/c1-10(3-5-19(14,15)7-10)12-9(18)13-11(2)4-6-20(16,17)8-11/h3-8H2,1-2H3,(H2-,12,13,14,15,18)/p+1/t10-,11-/m0/s1. The summed E-state index contributed by atoms with van der Waals surface area (Å²) in [5.74, 6) is 0.664. The van der Waals surface area contributed by atoms with E-state index in [1.54, 1.807) is 0 Å². The Morgan fingerprint density at radius 3 is 2.30 bits per heavy atom. The molecule has 0 aromatic heterocycles. The molecule has 0 amide bonds. The lowest BCUT2D eigenvalue weighted by atomic mass is 10.0. The van der Waals surface area contributed by atoms with Crippen molar-refractivity contribution in [3.8, 4) is 0 Å². The maximum Gasteiger partial charge on any atom is 0.216 e. The molecule has 9 heteroatoms. The highest BCUT2D eigenvalue weighted by Crippen LogP contribution is 2.27. The number of hydrogen-bond donors (Lipinski definition) is 3. The zero-order chi connectivity index (χ0) is 15.2. The molecule has 116 valence electrons. The quantitative estimate of drug-likeness (QED) is 0.486. The van der Waals surface area contributed by atoms with Crippen LogP contribution in [0.5, 0.6) is 0 Å². The third kappa shape index (κ3) is 3.90. The molecule has 2 saturated heterocycles. The van der Waals surface area contributed by atoms with Gasteiger partial charge in [-0.1, -0.05) is 4.21 Å². The highest BCUT2D eigenvalue weighted by molar-refractivity contribution is 7.98. The van der Waals surface area contributed by atoms with Crippen LogP contribution >= 0.6 is 12.2 Å². The molecule has 2 aliphatic heterocycles. The first-order valence-electron chi connectivity index (χ1n) is 6.46. The van der Waals surface area contributed by atoms with E-state index in [0.29, 0.717) is 18.0 Å². The minimum Gasteiger partial charge on any atom is -0.357 e. The fourth-order valence-corrected chi connectivity index (χ4v) is 7.53. The average molecular weight is 342 g/mol. The van der Waals surface area contributed by atoms with E-state index in [2.05, 4.69) is 10.6 Å². The molecule has 20 heavy (non-hydrogen) atoms. The molecule has 0 saturated carbocycles. The Morgan fingerprint density at radius 1 is 1.25 bits per heavy atom. The van der Waals surface area contributed by atoms with E-state index in [0.717, 1.165) is 0 Å². The van der Waals surface area contributed by atoms with Gasteiger partial charge in [0.2, 0.25) is 10.2 Å². The zero-order valence-corrected chi connectivity index (χ0v) is 14.1. The van der Waals surface area contributed by atoms with Gasteiger partial charge in [-0.3, -0.25) is 0 Å². The lowest BCUT2D eigenvalue weighted by Gasteiger charge is -2.30. The van der Waals surface area contributed by atoms with Gasteiger partial charge < -0.3 is 10.6 Å². The van der Waals surface area contributed by atoms with Gasteiger partial charge in [-0.25, -0.2) is 8.42 Å². The summed E-state index contributed by atoms with van der Waals surface area (Å²) < 4.78 is 44.3. The van der Waals surface area contributed by atoms with Crippen molar-refractivity contribution < 1.29 is 17.2 Å². The first kappa shape index (κ1) is 16.1. The molecule has 2 heterocycles. The molecule has 2 rings (SSSR count). The average Bonchev–Trinajstić information content (AvgIpc) is 2.62. The monoisotopic (exact) mass is 341 g/mol. The maximum atomic E-state index is 11.6. The first-order chi connectivity index (χ1) is 8.93. The van der Waals surface area contributed by atoms with Gasteiger partial charge in [0, 0.05) is 6.42 Å². The fourth-order valence-electron chi connectivity index (χ4n) is 2.81. The normalized spacial score (nSPS) is 43.4. The van der Waals surface area contributed by atoms with Crippen molar-refractivity contribution in [1.29, 1.82) is 0 Å². The second-order valence-electron chi connectivity index (χ2n) is 6.41. The van der Waals surface area contributed by atoms with Crippen molar-refractivity contribution in [3.05, 3.63) is 0 Å². The van der Waals surface area contributed by atoms with E-state index in [9.17, 15) is 17.2 Å². The fraction of sp³-hybridized carbons (Fsp3) is 0.909. The van der Waals surface area contributed by atoms with E-state index in [1.165, 1.54) is 0 Å². The second kappa shape index (κ2) is 4.89. The van der Waals surface area contributed by atoms with Crippen molar-refractivity contribution in [2.24, 2.45) is 0 Å². The predicted octanol–water partition coefficient (Wildman–Crippen LogP) is 0.163. The van der Waals surface area contributed by atoms with Gasteiger partial charge in [0.1, 0.15) is 5.75 Å². The first-order valence-corrected chi connectivity index (χ1v) is 10.5. The number of sulfone groups is 1. The Balaban J connectivity index is 1.95. The molecule has 1 unspecified atom stereocenters. The van der Waals surface area contributed by atoms with E-state index in [-0.39, 0.29) is 23.0 Å². The Bertz CT molecular complexity index is 576. The van der Waals surface area contributed by atoms with E-state index < -0.39 is 31.1 Å². The molecular formula is C11H21N2O4S3+.